The van der Waals surface area contributed by atoms with Crippen molar-refractivity contribution < 1.29 is 19.4 Å². The molecule has 1 aromatic rings. The average molecular weight is 347 g/mol. The van der Waals surface area contributed by atoms with Crippen molar-refractivity contribution >= 4 is 5.91 Å². The lowest BCUT2D eigenvalue weighted by Crippen LogP contribution is -2.69. The van der Waals surface area contributed by atoms with Crippen LogP contribution in [0.5, 0.6) is 5.75 Å². The highest BCUT2D eigenvalue weighted by atomic mass is 16.5. The maximum Gasteiger partial charge on any atom is 0.260 e. The number of amides is 1. The molecule has 3 rings (SSSR count). The SMILES string of the molecule is CO[C@@]1(C)C[C@@H](O)C12CCN(C(=O)COc1ccc(C)c(C)c1)CC2. The quantitative estimate of drug-likeness (QED) is 0.909. The van der Waals surface area contributed by atoms with E-state index in [2.05, 4.69) is 13.8 Å². The summed E-state index contributed by atoms with van der Waals surface area (Å²) in [5, 5.41) is 10.3. The number of benzene rings is 1. The predicted octanol–water partition coefficient (Wildman–Crippen LogP) is 2.46. The van der Waals surface area contributed by atoms with Gasteiger partial charge in [-0.3, -0.25) is 4.79 Å². The molecule has 1 spiro atoms. The van der Waals surface area contributed by atoms with Crippen molar-refractivity contribution in [3.05, 3.63) is 29.3 Å². The number of aliphatic hydroxyl groups excluding tert-OH is 1. The number of hydrogen-bond acceptors (Lipinski definition) is 4. The molecule has 0 unspecified atom stereocenters. The Labute approximate surface area is 149 Å². The summed E-state index contributed by atoms with van der Waals surface area (Å²) in [6.45, 7) is 7.50. The minimum Gasteiger partial charge on any atom is -0.484 e. The number of piperidine rings is 1. The number of hydrogen-bond donors (Lipinski definition) is 1. The molecule has 1 saturated heterocycles. The minimum atomic E-state index is -0.332. The van der Waals surface area contributed by atoms with Crippen LogP contribution >= 0.6 is 0 Å². The summed E-state index contributed by atoms with van der Waals surface area (Å²) in [5.41, 5.74) is 1.87. The van der Waals surface area contributed by atoms with Gasteiger partial charge in [-0.25, -0.2) is 0 Å². The van der Waals surface area contributed by atoms with Gasteiger partial charge in [0.25, 0.3) is 5.91 Å². The summed E-state index contributed by atoms with van der Waals surface area (Å²) >= 11 is 0. The Kier molecular flexibility index (Phi) is 4.82. The standard InChI is InChI=1S/C20H29NO4/c1-14-5-6-16(11-15(14)2)25-13-18(23)21-9-7-20(8-10-21)17(22)12-19(20,3)24-4/h5-6,11,17,22H,7-10,12-13H2,1-4H3/t17-,19+/m1/s1. The zero-order valence-corrected chi connectivity index (χ0v) is 15.7. The smallest absolute Gasteiger partial charge is 0.260 e. The van der Waals surface area contributed by atoms with E-state index in [0.717, 1.165) is 24.2 Å². The van der Waals surface area contributed by atoms with Crippen molar-refractivity contribution in [3.8, 4) is 5.75 Å². The average Bonchev–Trinajstić information content (AvgIpc) is 2.62. The second-order valence-electron chi connectivity index (χ2n) is 7.73. The van der Waals surface area contributed by atoms with Crippen LogP contribution in [0.4, 0.5) is 0 Å². The van der Waals surface area contributed by atoms with Crippen LogP contribution in [0.15, 0.2) is 18.2 Å². The molecule has 138 valence electrons. The number of carbonyl (C=O) groups is 1. The summed E-state index contributed by atoms with van der Waals surface area (Å²) in [5.74, 6) is 0.729. The van der Waals surface area contributed by atoms with Crippen molar-refractivity contribution in [3.63, 3.8) is 0 Å². The van der Waals surface area contributed by atoms with Crippen molar-refractivity contribution in [2.45, 2.75) is 51.7 Å². The number of rotatable bonds is 4. The Morgan fingerprint density at radius 1 is 1.28 bits per heavy atom. The molecule has 1 aliphatic heterocycles. The van der Waals surface area contributed by atoms with E-state index in [1.807, 2.05) is 30.0 Å². The third kappa shape index (κ3) is 3.04. The lowest BCUT2D eigenvalue weighted by molar-refractivity contribution is -0.261. The molecule has 2 atom stereocenters. The number of nitrogens with zero attached hydrogens (tertiary/aromatic N) is 1. The molecule has 25 heavy (non-hydrogen) atoms. The van der Waals surface area contributed by atoms with Gasteiger partial charge in [-0.1, -0.05) is 6.07 Å². The van der Waals surface area contributed by atoms with E-state index in [-0.39, 0.29) is 29.6 Å². The van der Waals surface area contributed by atoms with Crippen LogP contribution in [0.1, 0.15) is 37.3 Å². The van der Waals surface area contributed by atoms with Gasteiger partial charge in [-0.2, -0.15) is 0 Å². The van der Waals surface area contributed by atoms with E-state index in [0.29, 0.717) is 19.5 Å². The van der Waals surface area contributed by atoms with Crippen LogP contribution in [0, 0.1) is 19.3 Å². The van der Waals surface area contributed by atoms with Crippen LogP contribution in [-0.4, -0.2) is 54.4 Å². The van der Waals surface area contributed by atoms with Crippen LogP contribution in [0.25, 0.3) is 0 Å². The van der Waals surface area contributed by atoms with Crippen LogP contribution in [0.3, 0.4) is 0 Å². The highest BCUT2D eigenvalue weighted by Gasteiger charge is 2.63. The lowest BCUT2D eigenvalue weighted by Gasteiger charge is -2.62. The molecule has 0 aromatic heterocycles. The summed E-state index contributed by atoms with van der Waals surface area (Å²) < 4.78 is 11.3. The van der Waals surface area contributed by atoms with E-state index in [1.165, 1.54) is 5.56 Å². The first-order valence-electron chi connectivity index (χ1n) is 9.02. The maximum atomic E-state index is 12.5. The van der Waals surface area contributed by atoms with Gasteiger partial charge in [0.05, 0.1) is 11.7 Å². The molecule has 1 aromatic carbocycles. The summed E-state index contributed by atoms with van der Waals surface area (Å²) in [6, 6.07) is 5.86. The molecule has 5 heteroatoms. The molecular formula is C20H29NO4. The molecule has 1 N–H and O–H groups in total. The number of carbonyl (C=O) groups excluding carboxylic acids is 1. The fraction of sp³-hybridized carbons (Fsp3) is 0.650. The normalized spacial score (nSPS) is 27.9. The number of aryl methyl sites for hydroxylation is 2. The first-order valence-corrected chi connectivity index (χ1v) is 9.02. The van der Waals surface area contributed by atoms with Crippen LogP contribution < -0.4 is 4.74 Å². The summed E-state index contributed by atoms with van der Waals surface area (Å²) in [6.07, 6.45) is 1.89. The third-order valence-corrected chi connectivity index (χ3v) is 6.57. The Morgan fingerprint density at radius 3 is 2.52 bits per heavy atom. The summed E-state index contributed by atoms with van der Waals surface area (Å²) in [7, 11) is 1.71. The molecular weight excluding hydrogens is 318 g/mol. The Balaban J connectivity index is 1.54. The zero-order valence-electron chi connectivity index (χ0n) is 15.7. The van der Waals surface area contributed by atoms with E-state index >= 15 is 0 Å². The van der Waals surface area contributed by atoms with Crippen molar-refractivity contribution in [1.82, 2.24) is 4.90 Å². The minimum absolute atomic E-state index is 0.000936. The first-order chi connectivity index (χ1) is 11.8. The van der Waals surface area contributed by atoms with Gasteiger partial charge in [0, 0.05) is 32.0 Å². The highest BCUT2D eigenvalue weighted by molar-refractivity contribution is 5.78. The predicted molar refractivity (Wildman–Crippen MR) is 95.7 cm³/mol. The largest absolute Gasteiger partial charge is 0.484 e. The number of methoxy groups -OCH3 is 1. The van der Waals surface area contributed by atoms with E-state index in [1.54, 1.807) is 7.11 Å². The second-order valence-corrected chi connectivity index (χ2v) is 7.73. The molecule has 2 fully saturated rings. The highest BCUT2D eigenvalue weighted by Crippen LogP contribution is 2.57. The van der Waals surface area contributed by atoms with E-state index in [9.17, 15) is 9.90 Å². The number of ether oxygens (including phenoxy) is 2. The van der Waals surface area contributed by atoms with Gasteiger partial charge in [0.15, 0.2) is 6.61 Å². The molecule has 1 saturated carbocycles. The van der Waals surface area contributed by atoms with Crippen LogP contribution in [0.2, 0.25) is 0 Å². The fourth-order valence-corrected chi connectivity index (χ4v) is 4.33. The number of aliphatic hydroxyl groups is 1. The lowest BCUT2D eigenvalue weighted by atomic mass is 9.51. The van der Waals surface area contributed by atoms with E-state index < -0.39 is 0 Å². The summed E-state index contributed by atoms with van der Waals surface area (Å²) in [4.78, 5) is 14.3. The first kappa shape index (κ1) is 18.2. The monoisotopic (exact) mass is 347 g/mol. The van der Waals surface area contributed by atoms with Crippen molar-refractivity contribution in [1.29, 1.82) is 0 Å². The van der Waals surface area contributed by atoms with E-state index in [4.69, 9.17) is 9.47 Å². The molecule has 1 amide bonds. The molecule has 1 aliphatic carbocycles. The Morgan fingerprint density at radius 2 is 1.96 bits per heavy atom. The van der Waals surface area contributed by atoms with Crippen LogP contribution in [-0.2, 0) is 9.53 Å². The number of likely N-dealkylation sites (tertiary alicyclic amines) is 1. The molecule has 2 aliphatic rings. The van der Waals surface area contributed by atoms with Gasteiger partial charge in [-0.15, -0.1) is 0 Å². The van der Waals surface area contributed by atoms with Gasteiger partial charge in [-0.05, 0) is 56.9 Å². The zero-order chi connectivity index (χ0) is 18.2. The molecule has 0 bridgehead atoms. The third-order valence-electron chi connectivity index (χ3n) is 6.57. The van der Waals surface area contributed by atoms with Crippen molar-refractivity contribution in [2.75, 3.05) is 26.8 Å². The van der Waals surface area contributed by atoms with Gasteiger partial charge >= 0.3 is 0 Å². The Hall–Kier alpha value is -1.59. The molecule has 5 nitrogen and oxygen atoms in total. The van der Waals surface area contributed by atoms with Gasteiger partial charge in [0.1, 0.15) is 5.75 Å². The second kappa shape index (κ2) is 6.61. The maximum absolute atomic E-state index is 12.5. The molecule has 0 radical (unpaired) electrons. The van der Waals surface area contributed by atoms with Gasteiger partial charge in [0.2, 0.25) is 0 Å². The fourth-order valence-electron chi connectivity index (χ4n) is 4.33. The Bertz CT molecular complexity index is 651. The topological polar surface area (TPSA) is 59.0 Å². The van der Waals surface area contributed by atoms with Gasteiger partial charge < -0.3 is 19.5 Å². The molecule has 1 heterocycles. The van der Waals surface area contributed by atoms with Crippen molar-refractivity contribution in [2.24, 2.45) is 5.41 Å².